The first-order valence-electron chi connectivity index (χ1n) is 8.96. The summed E-state index contributed by atoms with van der Waals surface area (Å²) in [5, 5.41) is 5.63. The van der Waals surface area contributed by atoms with E-state index in [1.54, 1.807) is 14.2 Å². The summed E-state index contributed by atoms with van der Waals surface area (Å²) >= 11 is 0. The van der Waals surface area contributed by atoms with E-state index < -0.39 is 0 Å². The van der Waals surface area contributed by atoms with Crippen molar-refractivity contribution in [2.24, 2.45) is 0 Å². The minimum Gasteiger partial charge on any atom is -0.493 e. The van der Waals surface area contributed by atoms with E-state index in [2.05, 4.69) is 10.6 Å². The van der Waals surface area contributed by atoms with Crippen LogP contribution in [-0.2, 0) is 6.42 Å². The van der Waals surface area contributed by atoms with Crippen molar-refractivity contribution >= 4 is 6.03 Å². The molecule has 2 N–H and O–H groups in total. The van der Waals surface area contributed by atoms with Gasteiger partial charge in [0.05, 0.1) is 20.8 Å². The minimum atomic E-state index is -0.208. The van der Waals surface area contributed by atoms with E-state index in [1.807, 2.05) is 50.2 Å². The fourth-order valence-electron chi connectivity index (χ4n) is 2.61. The van der Waals surface area contributed by atoms with E-state index in [1.165, 1.54) is 0 Å². The van der Waals surface area contributed by atoms with Crippen LogP contribution in [0.25, 0.3) is 0 Å². The van der Waals surface area contributed by atoms with Crippen LogP contribution in [0.1, 0.15) is 16.7 Å². The number of urea groups is 1. The summed E-state index contributed by atoms with van der Waals surface area (Å²) in [5.74, 6) is 2.23. The maximum atomic E-state index is 11.9. The molecule has 0 spiro atoms. The van der Waals surface area contributed by atoms with Gasteiger partial charge in [-0.15, -0.1) is 0 Å². The number of aryl methyl sites for hydroxylation is 2. The Labute approximate surface area is 160 Å². The molecule has 0 aliphatic carbocycles. The molecule has 0 heterocycles. The summed E-state index contributed by atoms with van der Waals surface area (Å²) in [6.45, 7) is 5.42. The highest BCUT2D eigenvalue weighted by molar-refractivity contribution is 5.73. The maximum Gasteiger partial charge on any atom is 0.314 e. The fraction of sp³-hybridized carbons (Fsp3) is 0.381. The number of carbonyl (C=O) groups is 1. The second-order valence-electron chi connectivity index (χ2n) is 6.24. The second-order valence-corrected chi connectivity index (χ2v) is 6.24. The van der Waals surface area contributed by atoms with Gasteiger partial charge < -0.3 is 24.8 Å². The van der Waals surface area contributed by atoms with Crippen molar-refractivity contribution in [1.29, 1.82) is 0 Å². The number of rotatable bonds is 9. The first kappa shape index (κ1) is 20.4. The van der Waals surface area contributed by atoms with Gasteiger partial charge in [-0.05, 0) is 55.2 Å². The van der Waals surface area contributed by atoms with Crippen molar-refractivity contribution in [3.8, 4) is 17.2 Å². The molecule has 0 aliphatic heterocycles. The van der Waals surface area contributed by atoms with Crippen molar-refractivity contribution in [3.05, 3.63) is 53.1 Å². The average molecular weight is 372 g/mol. The molecule has 0 aromatic heterocycles. The van der Waals surface area contributed by atoms with Gasteiger partial charge in [0.25, 0.3) is 0 Å². The highest BCUT2D eigenvalue weighted by Crippen LogP contribution is 2.27. The Kier molecular flexibility index (Phi) is 7.79. The van der Waals surface area contributed by atoms with Gasteiger partial charge in [-0.2, -0.15) is 0 Å². The second kappa shape index (κ2) is 10.3. The van der Waals surface area contributed by atoms with Gasteiger partial charge >= 0.3 is 6.03 Å². The normalized spacial score (nSPS) is 10.2. The highest BCUT2D eigenvalue weighted by atomic mass is 16.5. The van der Waals surface area contributed by atoms with Crippen LogP contribution in [0.3, 0.4) is 0 Å². The van der Waals surface area contributed by atoms with E-state index in [0.717, 1.165) is 22.4 Å². The standard InChI is InChI=1S/C21H28N2O4/c1-15-5-6-16(2)19(13-15)27-12-11-23-21(24)22-10-9-17-7-8-18(25-3)20(14-17)26-4/h5-8,13-14H,9-12H2,1-4H3,(H2,22,23,24). The molecular weight excluding hydrogens is 344 g/mol. The number of carbonyl (C=O) groups excluding carboxylic acids is 1. The van der Waals surface area contributed by atoms with Gasteiger partial charge in [0, 0.05) is 6.54 Å². The zero-order chi connectivity index (χ0) is 19.6. The van der Waals surface area contributed by atoms with Crippen molar-refractivity contribution < 1.29 is 19.0 Å². The number of ether oxygens (including phenoxy) is 3. The van der Waals surface area contributed by atoms with Crippen molar-refractivity contribution in [2.45, 2.75) is 20.3 Å². The highest BCUT2D eigenvalue weighted by Gasteiger charge is 2.06. The third-order valence-electron chi connectivity index (χ3n) is 4.14. The van der Waals surface area contributed by atoms with Gasteiger partial charge in [-0.25, -0.2) is 4.79 Å². The summed E-state index contributed by atoms with van der Waals surface area (Å²) in [6.07, 6.45) is 0.701. The number of hydrogen-bond donors (Lipinski definition) is 2. The molecule has 0 aliphatic rings. The van der Waals surface area contributed by atoms with Crippen LogP contribution < -0.4 is 24.8 Å². The first-order chi connectivity index (χ1) is 13.0. The maximum absolute atomic E-state index is 11.9. The van der Waals surface area contributed by atoms with E-state index in [-0.39, 0.29) is 6.03 Å². The zero-order valence-electron chi connectivity index (χ0n) is 16.4. The third kappa shape index (κ3) is 6.40. The molecule has 0 fully saturated rings. The zero-order valence-corrected chi connectivity index (χ0v) is 16.4. The van der Waals surface area contributed by atoms with Crippen LogP contribution in [0, 0.1) is 13.8 Å². The Morgan fingerprint density at radius 1 is 0.889 bits per heavy atom. The minimum absolute atomic E-state index is 0.208. The quantitative estimate of drug-likeness (QED) is 0.663. The van der Waals surface area contributed by atoms with Crippen molar-refractivity contribution in [1.82, 2.24) is 10.6 Å². The predicted molar refractivity (Wildman–Crippen MR) is 106 cm³/mol. The van der Waals surface area contributed by atoms with Gasteiger partial charge in [0.1, 0.15) is 12.4 Å². The topological polar surface area (TPSA) is 68.8 Å². The summed E-state index contributed by atoms with van der Waals surface area (Å²) in [5.41, 5.74) is 3.29. The Morgan fingerprint density at radius 3 is 2.37 bits per heavy atom. The fourth-order valence-corrected chi connectivity index (χ4v) is 2.61. The van der Waals surface area contributed by atoms with Crippen LogP contribution in [0.15, 0.2) is 36.4 Å². The lowest BCUT2D eigenvalue weighted by Crippen LogP contribution is -2.38. The van der Waals surface area contributed by atoms with Crippen molar-refractivity contribution in [2.75, 3.05) is 33.9 Å². The van der Waals surface area contributed by atoms with Gasteiger partial charge in [0.15, 0.2) is 11.5 Å². The first-order valence-corrected chi connectivity index (χ1v) is 8.96. The predicted octanol–water partition coefficient (Wildman–Crippen LogP) is 3.24. The molecule has 146 valence electrons. The van der Waals surface area contributed by atoms with Crippen LogP contribution >= 0.6 is 0 Å². The summed E-state index contributed by atoms with van der Waals surface area (Å²) < 4.78 is 16.2. The van der Waals surface area contributed by atoms with E-state index in [0.29, 0.717) is 37.6 Å². The summed E-state index contributed by atoms with van der Waals surface area (Å²) in [7, 11) is 3.21. The largest absolute Gasteiger partial charge is 0.493 e. The number of amides is 2. The number of methoxy groups -OCH3 is 2. The summed E-state index contributed by atoms with van der Waals surface area (Å²) in [6, 6.07) is 11.6. The van der Waals surface area contributed by atoms with E-state index >= 15 is 0 Å². The molecule has 0 bridgehead atoms. The molecule has 2 aromatic carbocycles. The molecule has 6 heteroatoms. The van der Waals surface area contributed by atoms with Crippen LogP contribution in [-0.4, -0.2) is 39.9 Å². The molecular formula is C21H28N2O4. The molecule has 0 unspecified atom stereocenters. The van der Waals surface area contributed by atoms with Crippen molar-refractivity contribution in [3.63, 3.8) is 0 Å². The molecule has 2 amide bonds. The lowest BCUT2D eigenvalue weighted by molar-refractivity contribution is 0.236. The SMILES string of the molecule is COc1ccc(CCNC(=O)NCCOc2cc(C)ccc2C)cc1OC. The molecule has 0 atom stereocenters. The monoisotopic (exact) mass is 372 g/mol. The third-order valence-corrected chi connectivity index (χ3v) is 4.14. The van der Waals surface area contributed by atoms with Gasteiger partial charge in [-0.1, -0.05) is 18.2 Å². The number of nitrogens with one attached hydrogen (secondary N) is 2. The Hall–Kier alpha value is -2.89. The molecule has 0 radical (unpaired) electrons. The number of benzene rings is 2. The van der Waals surface area contributed by atoms with E-state index in [4.69, 9.17) is 14.2 Å². The van der Waals surface area contributed by atoms with E-state index in [9.17, 15) is 4.79 Å². The molecule has 0 saturated heterocycles. The lowest BCUT2D eigenvalue weighted by atomic mass is 10.1. The summed E-state index contributed by atoms with van der Waals surface area (Å²) in [4.78, 5) is 11.9. The molecule has 2 aromatic rings. The average Bonchev–Trinajstić information content (AvgIpc) is 2.67. The Bertz CT molecular complexity index is 762. The van der Waals surface area contributed by atoms with Gasteiger partial charge in [0.2, 0.25) is 0 Å². The van der Waals surface area contributed by atoms with Crippen LogP contribution in [0.4, 0.5) is 4.79 Å². The lowest BCUT2D eigenvalue weighted by Gasteiger charge is -2.12. The molecule has 2 rings (SSSR count). The smallest absolute Gasteiger partial charge is 0.314 e. The molecule has 27 heavy (non-hydrogen) atoms. The Balaban J connectivity index is 1.67. The number of hydrogen-bond acceptors (Lipinski definition) is 4. The Morgan fingerprint density at radius 2 is 1.63 bits per heavy atom. The molecule has 6 nitrogen and oxygen atoms in total. The molecule has 0 saturated carbocycles. The van der Waals surface area contributed by atoms with Gasteiger partial charge in [-0.3, -0.25) is 0 Å². The van der Waals surface area contributed by atoms with Crippen LogP contribution in [0.2, 0.25) is 0 Å². The van der Waals surface area contributed by atoms with Crippen LogP contribution in [0.5, 0.6) is 17.2 Å².